The van der Waals surface area contributed by atoms with Gasteiger partial charge in [0.1, 0.15) is 11.6 Å². The molecular formula is C21H32ClN3O3Si. The van der Waals surface area contributed by atoms with Crippen LogP contribution in [0.2, 0.25) is 23.3 Å². The molecule has 160 valence electrons. The van der Waals surface area contributed by atoms with Crippen molar-refractivity contribution in [3.8, 4) is 0 Å². The summed E-state index contributed by atoms with van der Waals surface area (Å²) in [4.78, 5) is 8.65. The van der Waals surface area contributed by atoms with Gasteiger partial charge in [0.2, 0.25) is 0 Å². The average Bonchev–Trinajstić information content (AvgIpc) is 3.24. The van der Waals surface area contributed by atoms with Crippen molar-refractivity contribution in [3.63, 3.8) is 0 Å². The summed E-state index contributed by atoms with van der Waals surface area (Å²) in [6.45, 7) is 16.1. The van der Waals surface area contributed by atoms with Gasteiger partial charge in [0.25, 0.3) is 0 Å². The van der Waals surface area contributed by atoms with Crippen LogP contribution in [0.5, 0.6) is 0 Å². The van der Waals surface area contributed by atoms with Crippen LogP contribution in [0.3, 0.4) is 0 Å². The SMILES string of the molecule is CC1(C)O[C@@H]2[C@@H](CO[Si](C)(C)C(C)(C)C)C[C@@H](n3cnc4c(Cl)nccc43)[C@@H]2O1. The molecule has 2 aliphatic rings. The van der Waals surface area contributed by atoms with Crippen LogP contribution < -0.4 is 0 Å². The van der Waals surface area contributed by atoms with Crippen molar-refractivity contribution in [1.82, 2.24) is 14.5 Å². The third-order valence-electron chi connectivity index (χ3n) is 6.82. The topological polar surface area (TPSA) is 58.4 Å². The van der Waals surface area contributed by atoms with Gasteiger partial charge in [-0.05, 0) is 44.5 Å². The van der Waals surface area contributed by atoms with Crippen LogP contribution in [0.1, 0.15) is 47.1 Å². The highest BCUT2D eigenvalue weighted by Gasteiger charge is 2.55. The summed E-state index contributed by atoms with van der Waals surface area (Å²) in [7, 11) is -1.83. The third kappa shape index (κ3) is 3.76. The van der Waals surface area contributed by atoms with E-state index in [1.807, 2.05) is 26.2 Å². The van der Waals surface area contributed by atoms with Crippen molar-refractivity contribution in [2.45, 2.75) is 83.2 Å². The zero-order valence-corrected chi connectivity index (χ0v) is 20.2. The minimum Gasteiger partial charge on any atom is -0.416 e. The fourth-order valence-corrected chi connectivity index (χ4v) is 5.48. The van der Waals surface area contributed by atoms with Crippen LogP contribution in [0.15, 0.2) is 18.6 Å². The normalized spacial score (nSPS) is 29.5. The molecule has 4 atom stereocenters. The fourth-order valence-electron chi connectivity index (χ4n) is 4.22. The minimum absolute atomic E-state index is 0.00882. The number of hydrogen-bond donors (Lipinski definition) is 0. The molecule has 6 nitrogen and oxygen atoms in total. The maximum atomic E-state index is 6.57. The standard InChI is InChI=1S/C21H32ClN3O3Si/c1-20(2,3)29(6,7)26-11-13-10-15(18-17(13)27-21(4,5)28-18)25-12-24-16-14(25)8-9-23-19(16)22/h8-9,12-13,15,17-18H,10-11H2,1-7H3/t13-,15-,17-,18+/m1/s1. The van der Waals surface area contributed by atoms with Crippen LogP contribution in [0, 0.1) is 5.92 Å². The van der Waals surface area contributed by atoms with Crippen LogP contribution in [0.25, 0.3) is 11.0 Å². The second-order valence-electron chi connectivity index (χ2n) is 10.3. The summed E-state index contributed by atoms with van der Waals surface area (Å²) in [5.74, 6) is -0.325. The van der Waals surface area contributed by atoms with E-state index in [-0.39, 0.29) is 29.2 Å². The fraction of sp³-hybridized carbons (Fsp3) is 0.714. The molecule has 0 unspecified atom stereocenters. The number of imidazole rings is 1. The number of aromatic nitrogens is 3. The third-order valence-corrected chi connectivity index (χ3v) is 11.6. The number of ether oxygens (including phenoxy) is 2. The Hall–Kier alpha value is -0.993. The molecule has 1 saturated carbocycles. The molecule has 2 aromatic heterocycles. The van der Waals surface area contributed by atoms with Gasteiger partial charge in [-0.15, -0.1) is 0 Å². The van der Waals surface area contributed by atoms with E-state index in [1.54, 1.807) is 6.20 Å². The van der Waals surface area contributed by atoms with Gasteiger partial charge in [0.15, 0.2) is 19.3 Å². The maximum absolute atomic E-state index is 6.57. The minimum atomic E-state index is -1.83. The van der Waals surface area contributed by atoms with Gasteiger partial charge in [0.05, 0.1) is 24.0 Å². The number of rotatable bonds is 4. The van der Waals surface area contributed by atoms with Gasteiger partial charge < -0.3 is 18.5 Å². The molecule has 2 aromatic rings. The Kier molecular flexibility index (Phi) is 5.14. The summed E-state index contributed by atoms with van der Waals surface area (Å²) in [5.41, 5.74) is 1.71. The number of halogens is 1. The van der Waals surface area contributed by atoms with E-state index in [0.717, 1.165) is 17.5 Å². The van der Waals surface area contributed by atoms with E-state index >= 15 is 0 Å². The molecule has 0 amide bonds. The Morgan fingerprint density at radius 3 is 2.62 bits per heavy atom. The van der Waals surface area contributed by atoms with Gasteiger partial charge in [0, 0.05) is 18.7 Å². The second-order valence-corrected chi connectivity index (χ2v) is 15.5. The highest BCUT2D eigenvalue weighted by molar-refractivity contribution is 6.74. The average molecular weight is 438 g/mol. The lowest BCUT2D eigenvalue weighted by Crippen LogP contribution is -2.43. The smallest absolute Gasteiger partial charge is 0.191 e. The van der Waals surface area contributed by atoms with E-state index in [2.05, 4.69) is 48.4 Å². The molecule has 2 fully saturated rings. The second kappa shape index (κ2) is 7.02. The molecule has 1 saturated heterocycles. The molecule has 0 aromatic carbocycles. The van der Waals surface area contributed by atoms with Crippen molar-refractivity contribution in [1.29, 1.82) is 0 Å². The van der Waals surface area contributed by atoms with Crippen LogP contribution in [-0.2, 0) is 13.9 Å². The van der Waals surface area contributed by atoms with E-state index in [0.29, 0.717) is 11.8 Å². The zero-order valence-electron chi connectivity index (χ0n) is 18.4. The number of nitrogens with zero attached hydrogens (tertiary/aromatic N) is 3. The molecule has 0 bridgehead atoms. The van der Waals surface area contributed by atoms with Gasteiger partial charge in [-0.3, -0.25) is 0 Å². The monoisotopic (exact) mass is 437 g/mol. The van der Waals surface area contributed by atoms with Crippen molar-refractivity contribution in [2.24, 2.45) is 5.92 Å². The van der Waals surface area contributed by atoms with Crippen molar-refractivity contribution in [2.75, 3.05) is 6.61 Å². The number of hydrogen-bond acceptors (Lipinski definition) is 5. The molecule has 0 radical (unpaired) electrons. The molecule has 8 heteroatoms. The first kappa shape index (κ1) is 21.2. The quantitative estimate of drug-likeness (QED) is 0.486. The first-order chi connectivity index (χ1) is 13.4. The first-order valence-corrected chi connectivity index (χ1v) is 13.6. The highest BCUT2D eigenvalue weighted by atomic mass is 35.5. The van der Waals surface area contributed by atoms with Gasteiger partial charge in [-0.1, -0.05) is 32.4 Å². The summed E-state index contributed by atoms with van der Waals surface area (Å²) in [6, 6.07) is 2.09. The van der Waals surface area contributed by atoms with E-state index < -0.39 is 14.1 Å². The van der Waals surface area contributed by atoms with Gasteiger partial charge >= 0.3 is 0 Å². The lowest BCUT2D eigenvalue weighted by Gasteiger charge is -2.37. The highest BCUT2D eigenvalue weighted by Crippen LogP contribution is 2.48. The van der Waals surface area contributed by atoms with Crippen LogP contribution in [0.4, 0.5) is 0 Å². The molecule has 1 aliphatic heterocycles. The summed E-state index contributed by atoms with van der Waals surface area (Å²) in [5, 5.41) is 0.610. The molecule has 4 rings (SSSR count). The Balaban J connectivity index is 1.62. The van der Waals surface area contributed by atoms with E-state index in [9.17, 15) is 0 Å². The molecule has 0 spiro atoms. The summed E-state index contributed by atoms with van der Waals surface area (Å²) < 4.78 is 21.4. The predicted molar refractivity (Wildman–Crippen MR) is 117 cm³/mol. The maximum Gasteiger partial charge on any atom is 0.191 e. The Labute approximate surface area is 179 Å². The number of pyridine rings is 1. The molecule has 1 aliphatic carbocycles. The van der Waals surface area contributed by atoms with Crippen LogP contribution in [-0.4, -0.2) is 47.5 Å². The summed E-state index contributed by atoms with van der Waals surface area (Å²) in [6.07, 6.45) is 4.47. The van der Waals surface area contributed by atoms with Gasteiger partial charge in [-0.25, -0.2) is 9.97 Å². The zero-order chi connectivity index (χ0) is 21.2. The largest absolute Gasteiger partial charge is 0.416 e. The predicted octanol–water partition coefficient (Wildman–Crippen LogP) is 5.19. The lowest BCUT2D eigenvalue weighted by atomic mass is 10.1. The first-order valence-electron chi connectivity index (χ1n) is 10.4. The van der Waals surface area contributed by atoms with Crippen LogP contribution >= 0.6 is 11.6 Å². The molecule has 29 heavy (non-hydrogen) atoms. The van der Waals surface area contributed by atoms with Crippen molar-refractivity contribution in [3.05, 3.63) is 23.7 Å². The van der Waals surface area contributed by atoms with E-state index in [4.69, 9.17) is 25.5 Å². The number of fused-ring (bicyclic) bond motifs is 2. The Morgan fingerprint density at radius 2 is 1.93 bits per heavy atom. The molecule has 0 N–H and O–H groups in total. The lowest BCUT2D eigenvalue weighted by molar-refractivity contribution is -0.161. The summed E-state index contributed by atoms with van der Waals surface area (Å²) >= 11 is 6.25. The Bertz CT molecular complexity index is 908. The van der Waals surface area contributed by atoms with Crippen molar-refractivity contribution < 1.29 is 13.9 Å². The molecule has 3 heterocycles. The Morgan fingerprint density at radius 1 is 1.24 bits per heavy atom. The van der Waals surface area contributed by atoms with Gasteiger partial charge in [-0.2, -0.15) is 0 Å². The van der Waals surface area contributed by atoms with E-state index in [1.165, 1.54) is 0 Å². The van der Waals surface area contributed by atoms with Crippen molar-refractivity contribution >= 4 is 31.0 Å². The molecular weight excluding hydrogens is 406 g/mol.